The van der Waals surface area contributed by atoms with Gasteiger partial charge in [-0.2, -0.15) is 21.2 Å². The number of halogens is 4. The van der Waals surface area contributed by atoms with Gasteiger partial charge in [-0.3, -0.25) is 0 Å². The summed E-state index contributed by atoms with van der Waals surface area (Å²) in [6.07, 6.45) is 0. The van der Waals surface area contributed by atoms with Gasteiger partial charge in [-0.15, -0.1) is 0 Å². The molecule has 0 fully saturated rings. The summed E-state index contributed by atoms with van der Waals surface area (Å²) < 4.78 is 71.2. The van der Waals surface area contributed by atoms with Gasteiger partial charge in [0, 0.05) is 27.6 Å². The SMILES string of the molecule is COc1ccc([N-]C(c2c(F)cccc2F)C([N-]c2ccc(OC)cc2[S-])c2c(F)cccc2F)c([S-])c1.[Ni]. The van der Waals surface area contributed by atoms with Crippen molar-refractivity contribution in [2.75, 3.05) is 14.2 Å². The molecule has 0 amide bonds. The number of benzene rings is 4. The second-order valence-electron chi connectivity index (χ2n) is 8.09. The molecule has 0 aliphatic heterocycles. The Bertz CT molecular complexity index is 1310. The van der Waals surface area contributed by atoms with Crippen molar-refractivity contribution >= 4 is 36.6 Å². The molecule has 2 unspecified atom stereocenters. The van der Waals surface area contributed by atoms with Crippen molar-refractivity contribution < 1.29 is 43.5 Å². The van der Waals surface area contributed by atoms with E-state index in [2.05, 4.69) is 10.6 Å². The Morgan fingerprint density at radius 1 is 0.590 bits per heavy atom. The molecular weight excluding hydrogens is 595 g/mol. The Morgan fingerprint density at radius 3 is 1.21 bits per heavy atom. The molecule has 0 N–H and O–H groups in total. The van der Waals surface area contributed by atoms with Crippen LogP contribution in [0.4, 0.5) is 28.9 Å². The molecule has 0 aliphatic rings. The summed E-state index contributed by atoms with van der Waals surface area (Å²) in [4.78, 5) is 0.402. The molecule has 2 atom stereocenters. The molecular formula is C28H20F4N2NiO2S2-4. The summed E-state index contributed by atoms with van der Waals surface area (Å²) in [5, 5.41) is 9.04. The standard InChI is InChI=1S/C28H22F4N2O2S2.Ni/c1-35-15-9-11-21(23(37)13-15)33-27(25-17(29)5-3-6-18(25)30)28(26-19(31)7-4-8-20(26)32)34-22-12-10-16(36-2)14-24(22)38;/h3-14,27-28,37-38H,1-2H3;/q-2;/p-2. The third-order valence-electron chi connectivity index (χ3n) is 5.78. The summed E-state index contributed by atoms with van der Waals surface area (Å²) in [6, 6.07) is 12.4. The maximum Gasteiger partial charge on any atom is 0.128 e. The Balaban J connectivity index is 0.00000420. The van der Waals surface area contributed by atoms with Gasteiger partial charge in [-0.1, -0.05) is 36.3 Å². The third kappa shape index (κ3) is 6.66. The van der Waals surface area contributed by atoms with Crippen molar-refractivity contribution in [2.24, 2.45) is 0 Å². The molecule has 39 heavy (non-hydrogen) atoms. The number of ether oxygens (including phenoxy) is 2. The second kappa shape index (κ2) is 13.2. The summed E-state index contributed by atoms with van der Waals surface area (Å²) in [6.45, 7) is 0. The Kier molecular flexibility index (Phi) is 10.2. The van der Waals surface area contributed by atoms with Gasteiger partial charge >= 0.3 is 0 Å². The molecule has 11 heteroatoms. The largest absolute Gasteiger partial charge is 0.781 e. The first-order valence-electron chi connectivity index (χ1n) is 11.2. The first-order valence-corrected chi connectivity index (χ1v) is 12.0. The average Bonchev–Trinajstić information content (AvgIpc) is 2.89. The minimum atomic E-state index is -1.57. The van der Waals surface area contributed by atoms with E-state index in [-0.39, 0.29) is 37.7 Å². The molecule has 0 aromatic heterocycles. The van der Waals surface area contributed by atoms with Crippen LogP contribution in [0.2, 0.25) is 0 Å². The molecule has 0 heterocycles. The Labute approximate surface area is 244 Å². The Morgan fingerprint density at radius 2 is 0.923 bits per heavy atom. The van der Waals surface area contributed by atoms with Crippen LogP contribution < -0.4 is 9.47 Å². The van der Waals surface area contributed by atoms with Crippen molar-refractivity contribution in [2.45, 2.75) is 21.9 Å². The predicted molar refractivity (Wildman–Crippen MR) is 141 cm³/mol. The zero-order valence-corrected chi connectivity index (χ0v) is 23.1. The van der Waals surface area contributed by atoms with Crippen LogP contribution >= 0.6 is 0 Å². The average molecular weight is 615 g/mol. The zero-order valence-electron chi connectivity index (χ0n) is 20.4. The number of nitrogens with zero attached hydrogens (tertiary/aromatic N) is 2. The molecule has 0 aliphatic carbocycles. The van der Waals surface area contributed by atoms with E-state index in [1.807, 2.05) is 0 Å². The Hall–Kier alpha value is -3.27. The summed E-state index contributed by atoms with van der Waals surface area (Å²) >= 11 is 10.8. The predicted octanol–water partition coefficient (Wildman–Crippen LogP) is 8.26. The topological polar surface area (TPSA) is 46.7 Å². The number of rotatable bonds is 9. The molecule has 0 spiro atoms. The number of methoxy groups -OCH3 is 2. The first kappa shape index (κ1) is 30.3. The number of hydrogen-bond acceptors (Lipinski definition) is 4. The van der Waals surface area contributed by atoms with E-state index < -0.39 is 46.5 Å². The van der Waals surface area contributed by atoms with Gasteiger partial charge in [-0.25, -0.2) is 17.6 Å². The van der Waals surface area contributed by atoms with Gasteiger partial charge in [-0.05, 0) is 48.5 Å². The molecule has 4 aromatic rings. The maximum atomic E-state index is 15.2. The first-order chi connectivity index (χ1) is 18.2. The van der Waals surface area contributed by atoms with Crippen LogP contribution in [0.3, 0.4) is 0 Å². The van der Waals surface area contributed by atoms with E-state index in [0.717, 1.165) is 24.3 Å². The fourth-order valence-electron chi connectivity index (χ4n) is 3.93. The van der Waals surface area contributed by atoms with Crippen LogP contribution in [0.25, 0.3) is 10.6 Å². The van der Waals surface area contributed by atoms with Crippen molar-refractivity contribution in [1.82, 2.24) is 0 Å². The summed E-state index contributed by atoms with van der Waals surface area (Å²) in [7, 11) is 2.91. The van der Waals surface area contributed by atoms with Crippen molar-refractivity contribution in [3.8, 4) is 11.5 Å². The van der Waals surface area contributed by atoms with Crippen LogP contribution in [0.15, 0.2) is 82.6 Å². The monoisotopic (exact) mass is 614 g/mol. The van der Waals surface area contributed by atoms with Gasteiger partial charge in [0.25, 0.3) is 0 Å². The molecule has 0 saturated carbocycles. The van der Waals surface area contributed by atoms with Crippen LogP contribution in [0.1, 0.15) is 23.2 Å². The van der Waals surface area contributed by atoms with E-state index in [1.165, 1.54) is 50.6 Å². The molecule has 0 bridgehead atoms. The fraction of sp³-hybridized carbons (Fsp3) is 0.143. The molecule has 0 radical (unpaired) electrons. The quantitative estimate of drug-likeness (QED) is 0.108. The minimum absolute atomic E-state index is 0. The van der Waals surface area contributed by atoms with E-state index >= 15 is 17.6 Å². The zero-order chi connectivity index (χ0) is 27.4. The fourth-order valence-corrected chi connectivity index (χ4v) is 4.40. The van der Waals surface area contributed by atoms with Crippen LogP contribution in [0.5, 0.6) is 11.5 Å². The molecule has 208 valence electrons. The molecule has 4 nitrogen and oxygen atoms in total. The van der Waals surface area contributed by atoms with Crippen molar-refractivity contribution in [1.29, 1.82) is 0 Å². The van der Waals surface area contributed by atoms with Crippen molar-refractivity contribution in [3.05, 3.63) is 118 Å². The van der Waals surface area contributed by atoms with E-state index in [0.29, 0.717) is 11.5 Å². The molecule has 4 aromatic carbocycles. The van der Waals surface area contributed by atoms with Gasteiger partial charge in [0.05, 0.1) is 14.2 Å². The van der Waals surface area contributed by atoms with Crippen LogP contribution in [0, 0.1) is 23.3 Å². The maximum absolute atomic E-state index is 15.2. The molecule has 4 rings (SSSR count). The summed E-state index contributed by atoms with van der Waals surface area (Å²) in [5.41, 5.74) is -0.764. The van der Waals surface area contributed by atoms with E-state index in [9.17, 15) is 0 Å². The van der Waals surface area contributed by atoms with Crippen molar-refractivity contribution in [3.63, 3.8) is 0 Å². The van der Waals surface area contributed by atoms with Gasteiger partial charge in [0.1, 0.15) is 34.8 Å². The smallest absolute Gasteiger partial charge is 0.128 e. The second-order valence-corrected chi connectivity index (χ2v) is 8.97. The third-order valence-corrected chi connectivity index (χ3v) is 6.43. The van der Waals surface area contributed by atoms with E-state index in [4.69, 9.17) is 34.7 Å². The van der Waals surface area contributed by atoms with Crippen LogP contribution in [-0.2, 0) is 41.7 Å². The normalized spacial score (nSPS) is 12.2. The summed E-state index contributed by atoms with van der Waals surface area (Å²) in [5.74, 6) is -2.99. The van der Waals surface area contributed by atoms with Crippen LogP contribution in [-0.4, -0.2) is 14.2 Å². The van der Waals surface area contributed by atoms with E-state index in [1.54, 1.807) is 12.1 Å². The minimum Gasteiger partial charge on any atom is -0.781 e. The van der Waals surface area contributed by atoms with Gasteiger partial charge in [0.2, 0.25) is 0 Å². The van der Waals surface area contributed by atoms with Gasteiger partial charge < -0.3 is 45.4 Å². The molecule has 0 saturated heterocycles. The van der Waals surface area contributed by atoms with Gasteiger partial charge in [0.15, 0.2) is 0 Å². The number of hydrogen-bond donors (Lipinski definition) is 0.